The Hall–Kier alpha value is -2.67. The number of aryl methyl sites for hydroxylation is 2. The van der Waals surface area contributed by atoms with E-state index < -0.39 is 29.8 Å². The van der Waals surface area contributed by atoms with Gasteiger partial charge in [-0.3, -0.25) is 14.4 Å². The number of esters is 1. The van der Waals surface area contributed by atoms with E-state index in [0.29, 0.717) is 6.42 Å². The lowest BCUT2D eigenvalue weighted by molar-refractivity contribution is -0.156. The normalized spacial score (nSPS) is 26.2. The predicted octanol–water partition coefficient (Wildman–Crippen LogP) is 4.26. The van der Waals surface area contributed by atoms with Crippen LogP contribution in [0, 0.1) is 43.4 Å². The zero-order valence-electron chi connectivity index (χ0n) is 22.5. The number of anilines is 1. The molecule has 6 atom stereocenters. The van der Waals surface area contributed by atoms with Crippen molar-refractivity contribution >= 4 is 23.5 Å². The van der Waals surface area contributed by atoms with Crippen LogP contribution in [0.2, 0.25) is 0 Å². The number of likely N-dealkylation sites (tertiary alicyclic amines) is 1. The maximum absolute atomic E-state index is 14.1. The number of allylic oxidation sites excluding steroid dienone is 1. The molecule has 1 aromatic rings. The van der Waals surface area contributed by atoms with Crippen LogP contribution in [0.4, 0.5) is 5.69 Å². The smallest absolute Gasteiger partial charge is 0.310 e. The Morgan fingerprint density at radius 3 is 2.36 bits per heavy atom. The molecule has 36 heavy (non-hydrogen) atoms. The molecule has 1 aliphatic heterocycles. The molecular weight excluding hydrogens is 456 g/mol. The summed E-state index contributed by atoms with van der Waals surface area (Å²) in [4.78, 5) is 42.7. The number of carbonyl (C=O) groups is 3. The van der Waals surface area contributed by atoms with Crippen molar-refractivity contribution < 1.29 is 24.2 Å². The Bertz CT molecular complexity index is 968. The summed E-state index contributed by atoms with van der Waals surface area (Å²) in [7, 11) is 0. The number of hydrogen-bond donors (Lipinski definition) is 2. The standard InChI is InChI=1S/C29H42N2O5/c1-7-10-20-13-14-22-24(23(20)29(35)36-8-2)28(34)31(21(16-32)15-17(3)4)26(22)27(33)30-25-18(5)11-9-12-19(25)6/h9,11-14,17,20-24,26,32H,7-8,10,15-16H2,1-6H3,(H,30,33)/t20-,21-,22+,23-,24+,26+/m1/s1. The molecule has 1 saturated heterocycles. The number of carbonyl (C=O) groups excluding carboxylic acids is 3. The average Bonchev–Trinajstić information content (AvgIpc) is 3.12. The molecule has 3 rings (SSSR count). The van der Waals surface area contributed by atoms with Crippen LogP contribution in [0.15, 0.2) is 30.4 Å². The molecule has 0 aromatic heterocycles. The highest BCUT2D eigenvalue weighted by Gasteiger charge is 2.58. The van der Waals surface area contributed by atoms with Crippen LogP contribution in [0.1, 0.15) is 58.1 Å². The third kappa shape index (κ3) is 5.51. The number of amides is 2. The molecule has 0 bridgehead atoms. The Morgan fingerprint density at radius 1 is 1.14 bits per heavy atom. The number of nitrogens with zero attached hydrogens (tertiary/aromatic N) is 1. The van der Waals surface area contributed by atoms with Crippen LogP contribution in [0.3, 0.4) is 0 Å². The second-order valence-corrected chi connectivity index (χ2v) is 10.6. The third-order valence-corrected chi connectivity index (χ3v) is 7.57. The number of ether oxygens (including phenoxy) is 1. The largest absolute Gasteiger partial charge is 0.466 e. The van der Waals surface area contributed by atoms with Gasteiger partial charge in [0.2, 0.25) is 11.8 Å². The molecule has 198 valence electrons. The van der Waals surface area contributed by atoms with Crippen LogP contribution in [0.25, 0.3) is 0 Å². The fraction of sp³-hybridized carbons (Fsp3) is 0.621. The Balaban J connectivity index is 2.08. The van der Waals surface area contributed by atoms with E-state index in [-0.39, 0.29) is 42.8 Å². The summed E-state index contributed by atoms with van der Waals surface area (Å²) in [5.41, 5.74) is 2.60. The number of rotatable bonds is 10. The summed E-state index contributed by atoms with van der Waals surface area (Å²) in [5, 5.41) is 13.4. The summed E-state index contributed by atoms with van der Waals surface area (Å²) < 4.78 is 5.43. The quantitative estimate of drug-likeness (QED) is 0.371. The zero-order valence-corrected chi connectivity index (χ0v) is 22.5. The first-order valence-electron chi connectivity index (χ1n) is 13.3. The molecule has 2 N–H and O–H groups in total. The minimum atomic E-state index is -0.826. The van der Waals surface area contributed by atoms with Crippen LogP contribution < -0.4 is 5.32 Å². The molecule has 1 heterocycles. The molecule has 0 radical (unpaired) electrons. The van der Waals surface area contributed by atoms with Gasteiger partial charge in [0.15, 0.2) is 0 Å². The average molecular weight is 499 g/mol. The molecule has 1 aliphatic carbocycles. The van der Waals surface area contributed by atoms with Crippen molar-refractivity contribution in [2.24, 2.45) is 29.6 Å². The van der Waals surface area contributed by atoms with E-state index >= 15 is 0 Å². The second-order valence-electron chi connectivity index (χ2n) is 10.6. The summed E-state index contributed by atoms with van der Waals surface area (Å²) in [6.07, 6.45) is 6.13. The molecule has 1 aromatic carbocycles. The minimum absolute atomic E-state index is 0.126. The highest BCUT2D eigenvalue weighted by Crippen LogP contribution is 2.47. The highest BCUT2D eigenvalue weighted by atomic mass is 16.5. The maximum atomic E-state index is 14.1. The lowest BCUT2D eigenvalue weighted by Crippen LogP contribution is -2.51. The van der Waals surface area contributed by atoms with E-state index in [1.807, 2.05) is 58.0 Å². The fourth-order valence-corrected chi connectivity index (χ4v) is 6.04. The molecule has 1 fully saturated rings. The van der Waals surface area contributed by atoms with E-state index in [2.05, 4.69) is 12.2 Å². The van der Waals surface area contributed by atoms with Crippen molar-refractivity contribution in [1.82, 2.24) is 4.90 Å². The minimum Gasteiger partial charge on any atom is -0.466 e. The predicted molar refractivity (Wildman–Crippen MR) is 140 cm³/mol. The van der Waals surface area contributed by atoms with Gasteiger partial charge in [-0.15, -0.1) is 0 Å². The molecule has 2 aliphatic rings. The summed E-state index contributed by atoms with van der Waals surface area (Å²) in [6, 6.07) is 4.47. The van der Waals surface area contributed by atoms with Crippen molar-refractivity contribution in [3.63, 3.8) is 0 Å². The van der Waals surface area contributed by atoms with Crippen LogP contribution in [0.5, 0.6) is 0 Å². The SMILES string of the molecule is CCC[C@@H]1C=C[C@H]2[C@H](C(=O)N([C@@H](CO)CC(C)C)[C@@H]2C(=O)Nc2c(C)cccc2C)[C@@H]1C(=O)OCC. The van der Waals surface area contributed by atoms with Gasteiger partial charge in [0, 0.05) is 11.6 Å². The number of nitrogens with one attached hydrogen (secondary N) is 1. The van der Waals surface area contributed by atoms with Gasteiger partial charge in [-0.05, 0) is 56.6 Å². The molecule has 0 saturated carbocycles. The van der Waals surface area contributed by atoms with Gasteiger partial charge in [0.1, 0.15) is 6.04 Å². The molecule has 7 nitrogen and oxygen atoms in total. The van der Waals surface area contributed by atoms with E-state index in [0.717, 1.165) is 29.7 Å². The first kappa shape index (κ1) is 27.9. The number of aliphatic hydroxyl groups is 1. The zero-order chi connectivity index (χ0) is 26.6. The lowest BCUT2D eigenvalue weighted by atomic mass is 9.69. The summed E-state index contributed by atoms with van der Waals surface area (Å²) in [6.45, 7) is 11.7. The van der Waals surface area contributed by atoms with Crippen LogP contribution in [-0.2, 0) is 19.1 Å². The van der Waals surface area contributed by atoms with Gasteiger partial charge in [0.25, 0.3) is 0 Å². The molecule has 7 heteroatoms. The van der Waals surface area contributed by atoms with Gasteiger partial charge in [-0.2, -0.15) is 0 Å². The Labute approximate surface area is 215 Å². The first-order chi connectivity index (χ1) is 17.2. The maximum Gasteiger partial charge on any atom is 0.310 e. The number of fused-ring (bicyclic) bond motifs is 1. The van der Waals surface area contributed by atoms with Gasteiger partial charge < -0.3 is 20.1 Å². The first-order valence-corrected chi connectivity index (χ1v) is 13.3. The van der Waals surface area contributed by atoms with Crippen molar-refractivity contribution in [2.45, 2.75) is 72.9 Å². The van der Waals surface area contributed by atoms with Crippen molar-refractivity contribution in [3.05, 3.63) is 41.5 Å². The van der Waals surface area contributed by atoms with Crippen LogP contribution in [-0.4, -0.2) is 53.1 Å². The Morgan fingerprint density at radius 2 is 1.81 bits per heavy atom. The monoisotopic (exact) mass is 498 g/mol. The lowest BCUT2D eigenvalue weighted by Gasteiger charge is -2.34. The number of aliphatic hydroxyl groups excluding tert-OH is 1. The summed E-state index contributed by atoms with van der Waals surface area (Å²) in [5.74, 6) is -2.66. The Kier molecular flexibility index (Phi) is 9.34. The number of para-hydroxylation sites is 1. The van der Waals surface area contributed by atoms with Gasteiger partial charge in [-0.25, -0.2) is 0 Å². The van der Waals surface area contributed by atoms with Crippen LogP contribution >= 0.6 is 0 Å². The molecule has 0 unspecified atom stereocenters. The van der Waals surface area contributed by atoms with Gasteiger partial charge in [-0.1, -0.05) is 57.5 Å². The second kappa shape index (κ2) is 12.0. The van der Waals surface area contributed by atoms with E-state index in [1.54, 1.807) is 11.8 Å². The third-order valence-electron chi connectivity index (χ3n) is 7.57. The molecular formula is C29H42N2O5. The molecule has 2 amide bonds. The van der Waals surface area contributed by atoms with Crippen molar-refractivity contribution in [2.75, 3.05) is 18.5 Å². The van der Waals surface area contributed by atoms with E-state index in [9.17, 15) is 19.5 Å². The highest BCUT2D eigenvalue weighted by molar-refractivity contribution is 6.02. The fourth-order valence-electron chi connectivity index (χ4n) is 6.04. The van der Waals surface area contributed by atoms with Crippen molar-refractivity contribution in [3.8, 4) is 0 Å². The topological polar surface area (TPSA) is 95.9 Å². The number of hydrogen-bond acceptors (Lipinski definition) is 5. The van der Waals surface area contributed by atoms with E-state index in [4.69, 9.17) is 4.74 Å². The molecule has 0 spiro atoms. The summed E-state index contributed by atoms with van der Waals surface area (Å²) >= 11 is 0. The number of benzene rings is 1. The van der Waals surface area contributed by atoms with Gasteiger partial charge in [0.05, 0.1) is 31.1 Å². The van der Waals surface area contributed by atoms with Crippen molar-refractivity contribution in [1.29, 1.82) is 0 Å². The van der Waals surface area contributed by atoms with E-state index in [1.165, 1.54) is 0 Å². The van der Waals surface area contributed by atoms with Gasteiger partial charge >= 0.3 is 5.97 Å².